The standard InChI is InChI=1S/C20H25N3O2/c1-13-11-23-12-17(7-9-19(23)21-13)22-20(24)14(2)25-18-8-6-15-4-3-5-16(15)10-18/h6,8,10-11,14,17H,3-5,7,9,12H2,1-2H3,(H,22,24). The first-order valence-corrected chi connectivity index (χ1v) is 9.20. The number of imidazole rings is 1. The van der Waals surface area contributed by atoms with E-state index in [-0.39, 0.29) is 11.9 Å². The molecule has 0 fully saturated rings. The summed E-state index contributed by atoms with van der Waals surface area (Å²) >= 11 is 0. The van der Waals surface area contributed by atoms with Crippen LogP contribution in [-0.4, -0.2) is 27.6 Å². The van der Waals surface area contributed by atoms with E-state index >= 15 is 0 Å². The Labute approximate surface area is 148 Å². The van der Waals surface area contributed by atoms with Gasteiger partial charge in [0.05, 0.1) is 5.69 Å². The van der Waals surface area contributed by atoms with Gasteiger partial charge in [-0.05, 0) is 62.8 Å². The van der Waals surface area contributed by atoms with Crippen LogP contribution in [0, 0.1) is 6.92 Å². The third kappa shape index (κ3) is 3.41. The molecule has 1 N–H and O–H groups in total. The van der Waals surface area contributed by atoms with E-state index in [1.807, 2.05) is 19.9 Å². The SMILES string of the molecule is Cc1cn2c(n1)CCC(NC(=O)C(C)Oc1ccc3c(c1)CCC3)C2. The molecule has 4 rings (SSSR count). The zero-order valence-corrected chi connectivity index (χ0v) is 14.9. The van der Waals surface area contributed by atoms with E-state index in [4.69, 9.17) is 4.74 Å². The number of carbonyl (C=O) groups excluding carboxylic acids is 1. The zero-order chi connectivity index (χ0) is 17.4. The van der Waals surface area contributed by atoms with Gasteiger partial charge in [0.15, 0.2) is 6.10 Å². The van der Waals surface area contributed by atoms with E-state index < -0.39 is 6.10 Å². The van der Waals surface area contributed by atoms with E-state index in [9.17, 15) is 4.79 Å². The van der Waals surface area contributed by atoms with Crippen molar-refractivity contribution < 1.29 is 9.53 Å². The molecule has 0 saturated carbocycles. The number of nitrogens with one attached hydrogen (secondary N) is 1. The molecule has 2 aromatic rings. The molecule has 5 nitrogen and oxygen atoms in total. The number of ether oxygens (including phenoxy) is 1. The van der Waals surface area contributed by atoms with E-state index in [0.717, 1.165) is 49.5 Å². The quantitative estimate of drug-likeness (QED) is 0.931. The monoisotopic (exact) mass is 339 g/mol. The predicted octanol–water partition coefficient (Wildman–Crippen LogP) is 2.58. The van der Waals surface area contributed by atoms with Gasteiger partial charge >= 0.3 is 0 Å². The Balaban J connectivity index is 1.35. The number of carbonyl (C=O) groups is 1. The summed E-state index contributed by atoms with van der Waals surface area (Å²) in [6, 6.07) is 6.34. The Hall–Kier alpha value is -2.30. The number of aryl methyl sites for hydroxylation is 4. The maximum atomic E-state index is 12.5. The molecule has 2 unspecified atom stereocenters. The van der Waals surface area contributed by atoms with Crippen molar-refractivity contribution >= 4 is 5.91 Å². The predicted molar refractivity (Wildman–Crippen MR) is 95.8 cm³/mol. The molecule has 2 atom stereocenters. The third-order valence-electron chi connectivity index (χ3n) is 5.21. The summed E-state index contributed by atoms with van der Waals surface area (Å²) in [4.78, 5) is 17.0. The molecule has 1 aromatic heterocycles. The van der Waals surface area contributed by atoms with Crippen LogP contribution in [0.3, 0.4) is 0 Å². The number of hydrogen-bond acceptors (Lipinski definition) is 3. The Morgan fingerprint density at radius 3 is 3.04 bits per heavy atom. The molecule has 1 aromatic carbocycles. The minimum absolute atomic E-state index is 0.0502. The van der Waals surface area contributed by atoms with Crippen molar-refractivity contribution in [1.82, 2.24) is 14.9 Å². The van der Waals surface area contributed by atoms with Gasteiger partial charge in [-0.1, -0.05) is 6.07 Å². The highest BCUT2D eigenvalue weighted by Gasteiger charge is 2.24. The molecule has 132 valence electrons. The van der Waals surface area contributed by atoms with Gasteiger partial charge < -0.3 is 14.6 Å². The molecule has 0 saturated heterocycles. The lowest BCUT2D eigenvalue weighted by atomic mass is 10.1. The van der Waals surface area contributed by atoms with Gasteiger partial charge in [-0.25, -0.2) is 4.98 Å². The van der Waals surface area contributed by atoms with Gasteiger partial charge in [0.25, 0.3) is 5.91 Å². The number of fused-ring (bicyclic) bond motifs is 2. The number of hydrogen-bond donors (Lipinski definition) is 1. The summed E-state index contributed by atoms with van der Waals surface area (Å²) in [6.45, 7) is 4.61. The van der Waals surface area contributed by atoms with Gasteiger partial charge in [0.2, 0.25) is 0 Å². The molecular formula is C20H25N3O2. The molecule has 1 amide bonds. The second-order valence-corrected chi connectivity index (χ2v) is 7.24. The molecule has 2 aliphatic rings. The van der Waals surface area contributed by atoms with Gasteiger partial charge in [-0.3, -0.25) is 4.79 Å². The minimum Gasteiger partial charge on any atom is -0.481 e. The summed E-state index contributed by atoms with van der Waals surface area (Å²) < 4.78 is 8.03. The summed E-state index contributed by atoms with van der Waals surface area (Å²) in [5.41, 5.74) is 3.81. The molecule has 1 aliphatic carbocycles. The van der Waals surface area contributed by atoms with Gasteiger partial charge in [-0.2, -0.15) is 0 Å². The van der Waals surface area contributed by atoms with E-state index in [1.165, 1.54) is 17.5 Å². The lowest BCUT2D eigenvalue weighted by Crippen LogP contribution is -2.46. The highest BCUT2D eigenvalue weighted by atomic mass is 16.5. The normalized spacial score (nSPS) is 19.8. The van der Waals surface area contributed by atoms with Crippen LogP contribution in [0.1, 0.15) is 42.4 Å². The highest BCUT2D eigenvalue weighted by molar-refractivity contribution is 5.81. The Morgan fingerprint density at radius 1 is 1.32 bits per heavy atom. The summed E-state index contributed by atoms with van der Waals surface area (Å²) in [7, 11) is 0. The molecule has 2 heterocycles. The van der Waals surface area contributed by atoms with Gasteiger partial charge in [0, 0.05) is 25.2 Å². The Kier molecular flexibility index (Phi) is 4.24. The Morgan fingerprint density at radius 2 is 2.16 bits per heavy atom. The fourth-order valence-electron chi connectivity index (χ4n) is 3.90. The van der Waals surface area contributed by atoms with Crippen molar-refractivity contribution in [3.63, 3.8) is 0 Å². The van der Waals surface area contributed by atoms with Crippen LogP contribution in [-0.2, 0) is 30.6 Å². The van der Waals surface area contributed by atoms with Crippen LogP contribution < -0.4 is 10.1 Å². The number of benzene rings is 1. The van der Waals surface area contributed by atoms with Crippen molar-refractivity contribution in [1.29, 1.82) is 0 Å². The fourth-order valence-corrected chi connectivity index (χ4v) is 3.90. The first kappa shape index (κ1) is 16.2. The molecule has 0 radical (unpaired) electrons. The van der Waals surface area contributed by atoms with E-state index in [2.05, 4.69) is 33.2 Å². The first-order chi connectivity index (χ1) is 12.1. The maximum absolute atomic E-state index is 12.5. The van der Waals surface area contributed by atoms with Crippen LogP contribution in [0.15, 0.2) is 24.4 Å². The van der Waals surface area contributed by atoms with Crippen molar-refractivity contribution in [3.8, 4) is 5.75 Å². The second kappa shape index (κ2) is 6.54. The summed E-state index contributed by atoms with van der Waals surface area (Å²) in [6.07, 6.45) is 6.87. The van der Waals surface area contributed by atoms with Crippen molar-refractivity contribution in [2.45, 2.75) is 64.6 Å². The fraction of sp³-hybridized carbons (Fsp3) is 0.500. The molecular weight excluding hydrogens is 314 g/mol. The lowest BCUT2D eigenvalue weighted by Gasteiger charge is -2.26. The Bertz CT molecular complexity index is 796. The van der Waals surface area contributed by atoms with Crippen molar-refractivity contribution in [2.24, 2.45) is 0 Å². The third-order valence-corrected chi connectivity index (χ3v) is 5.21. The van der Waals surface area contributed by atoms with Crippen LogP contribution in [0.5, 0.6) is 5.75 Å². The topological polar surface area (TPSA) is 56.2 Å². The molecule has 5 heteroatoms. The summed E-state index contributed by atoms with van der Waals surface area (Å²) in [5.74, 6) is 1.86. The summed E-state index contributed by atoms with van der Waals surface area (Å²) in [5, 5.41) is 3.13. The highest BCUT2D eigenvalue weighted by Crippen LogP contribution is 2.26. The van der Waals surface area contributed by atoms with Gasteiger partial charge in [0.1, 0.15) is 11.6 Å². The number of nitrogens with zero attached hydrogens (tertiary/aromatic N) is 2. The van der Waals surface area contributed by atoms with Crippen LogP contribution in [0.2, 0.25) is 0 Å². The van der Waals surface area contributed by atoms with Gasteiger partial charge in [-0.15, -0.1) is 0 Å². The average Bonchev–Trinajstić information content (AvgIpc) is 3.19. The van der Waals surface area contributed by atoms with E-state index in [1.54, 1.807) is 0 Å². The molecule has 25 heavy (non-hydrogen) atoms. The zero-order valence-electron chi connectivity index (χ0n) is 14.9. The number of rotatable bonds is 4. The van der Waals surface area contributed by atoms with Crippen LogP contribution >= 0.6 is 0 Å². The average molecular weight is 339 g/mol. The van der Waals surface area contributed by atoms with Crippen molar-refractivity contribution in [3.05, 3.63) is 47.0 Å². The molecule has 0 bridgehead atoms. The molecule has 0 spiro atoms. The lowest BCUT2D eigenvalue weighted by molar-refractivity contribution is -0.128. The van der Waals surface area contributed by atoms with Crippen LogP contribution in [0.4, 0.5) is 0 Å². The number of aromatic nitrogens is 2. The smallest absolute Gasteiger partial charge is 0.261 e. The minimum atomic E-state index is -0.495. The second-order valence-electron chi connectivity index (χ2n) is 7.24. The first-order valence-electron chi connectivity index (χ1n) is 9.20. The maximum Gasteiger partial charge on any atom is 0.261 e. The van der Waals surface area contributed by atoms with E-state index in [0.29, 0.717) is 0 Å². The largest absolute Gasteiger partial charge is 0.481 e. The molecule has 1 aliphatic heterocycles. The number of amides is 1. The van der Waals surface area contributed by atoms with Crippen molar-refractivity contribution in [2.75, 3.05) is 0 Å². The van der Waals surface area contributed by atoms with Crippen LogP contribution in [0.25, 0.3) is 0 Å².